The topological polar surface area (TPSA) is 79.0 Å². The fourth-order valence-corrected chi connectivity index (χ4v) is 6.36. The van der Waals surface area contributed by atoms with Crippen molar-refractivity contribution in [3.63, 3.8) is 0 Å². The molecule has 30 heavy (non-hydrogen) atoms. The summed E-state index contributed by atoms with van der Waals surface area (Å²) >= 11 is 7.41. The van der Waals surface area contributed by atoms with E-state index < -0.39 is 16.1 Å². The summed E-state index contributed by atoms with van der Waals surface area (Å²) in [5.41, 5.74) is 1.40. The first-order chi connectivity index (χ1) is 14.1. The summed E-state index contributed by atoms with van der Waals surface area (Å²) in [6.07, 6.45) is 0. The second kappa shape index (κ2) is 9.23. The minimum Gasteiger partial charge on any atom is -0.495 e. The Morgan fingerprint density at radius 2 is 1.87 bits per heavy atom. The molecule has 10 heteroatoms. The Morgan fingerprint density at radius 3 is 2.43 bits per heavy atom. The van der Waals surface area contributed by atoms with Gasteiger partial charge in [0.05, 0.1) is 18.8 Å². The number of methoxy groups -OCH3 is 1. The number of thiophene rings is 1. The molecule has 1 N–H and O–H groups in total. The smallest absolute Gasteiger partial charge is 0.252 e. The van der Waals surface area contributed by atoms with Gasteiger partial charge < -0.3 is 10.1 Å². The van der Waals surface area contributed by atoms with Crippen LogP contribution in [0.5, 0.6) is 5.75 Å². The molecule has 3 rings (SSSR count). The van der Waals surface area contributed by atoms with Crippen LogP contribution < -0.4 is 10.1 Å². The van der Waals surface area contributed by atoms with Crippen LogP contribution in [0.2, 0.25) is 5.02 Å². The van der Waals surface area contributed by atoms with E-state index in [-0.39, 0.29) is 5.91 Å². The van der Waals surface area contributed by atoms with Crippen LogP contribution in [-0.2, 0) is 14.8 Å². The van der Waals surface area contributed by atoms with Crippen molar-refractivity contribution in [3.8, 4) is 5.75 Å². The highest BCUT2D eigenvalue weighted by Gasteiger charge is 2.32. The first-order valence-corrected chi connectivity index (χ1v) is 12.2. The number of rotatable bonds is 6. The van der Waals surface area contributed by atoms with Crippen molar-refractivity contribution in [2.45, 2.75) is 31.0 Å². The van der Waals surface area contributed by atoms with Gasteiger partial charge in [-0.05, 0) is 44.5 Å². The minimum atomic E-state index is -3.48. The van der Waals surface area contributed by atoms with E-state index in [4.69, 9.17) is 16.3 Å². The van der Waals surface area contributed by atoms with Crippen LogP contribution in [0.3, 0.4) is 0 Å². The van der Waals surface area contributed by atoms with Crippen molar-refractivity contribution in [2.75, 3.05) is 38.6 Å². The molecule has 1 amide bonds. The number of sulfonamides is 1. The zero-order valence-electron chi connectivity index (χ0n) is 17.4. The normalized spacial score (nSPS) is 17.0. The van der Waals surface area contributed by atoms with Crippen LogP contribution in [0.25, 0.3) is 0 Å². The number of hydrogen-bond donors (Lipinski definition) is 1. The summed E-state index contributed by atoms with van der Waals surface area (Å²) in [4.78, 5) is 15.8. The van der Waals surface area contributed by atoms with Gasteiger partial charge in [-0.2, -0.15) is 4.31 Å². The van der Waals surface area contributed by atoms with Gasteiger partial charge in [0.25, 0.3) is 10.0 Å². The van der Waals surface area contributed by atoms with Gasteiger partial charge >= 0.3 is 0 Å². The highest BCUT2D eigenvalue weighted by molar-refractivity contribution is 7.91. The Kier molecular flexibility index (Phi) is 7.09. The van der Waals surface area contributed by atoms with E-state index >= 15 is 0 Å². The first-order valence-electron chi connectivity index (χ1n) is 9.59. The van der Waals surface area contributed by atoms with Crippen molar-refractivity contribution in [2.24, 2.45) is 0 Å². The van der Waals surface area contributed by atoms with Crippen molar-refractivity contribution in [1.82, 2.24) is 9.21 Å². The number of aryl methyl sites for hydroxylation is 2. The minimum absolute atomic E-state index is 0.180. The zero-order valence-corrected chi connectivity index (χ0v) is 19.8. The van der Waals surface area contributed by atoms with Crippen LogP contribution in [0.1, 0.15) is 17.4 Å². The molecule has 7 nitrogen and oxygen atoms in total. The molecule has 1 atom stereocenters. The molecular weight excluding hydrogens is 446 g/mol. The van der Waals surface area contributed by atoms with Crippen molar-refractivity contribution >= 4 is 44.6 Å². The monoisotopic (exact) mass is 471 g/mol. The zero-order chi connectivity index (χ0) is 22.1. The van der Waals surface area contributed by atoms with Gasteiger partial charge in [0.2, 0.25) is 5.91 Å². The molecule has 1 unspecified atom stereocenters. The Labute approximate surface area is 186 Å². The van der Waals surface area contributed by atoms with Crippen LogP contribution in [0.4, 0.5) is 5.69 Å². The molecule has 1 saturated heterocycles. The fourth-order valence-electron chi connectivity index (χ4n) is 3.34. The Balaban J connectivity index is 1.63. The van der Waals surface area contributed by atoms with Crippen LogP contribution >= 0.6 is 22.9 Å². The average molecular weight is 472 g/mol. The third kappa shape index (κ3) is 4.81. The summed E-state index contributed by atoms with van der Waals surface area (Å²) in [6.45, 7) is 7.22. The first kappa shape index (κ1) is 23.0. The van der Waals surface area contributed by atoms with Gasteiger partial charge in [-0.3, -0.25) is 9.69 Å². The molecule has 0 saturated carbocycles. The number of hydrogen-bond acceptors (Lipinski definition) is 6. The summed E-state index contributed by atoms with van der Waals surface area (Å²) in [6, 6.07) is 6.50. The number of carbonyl (C=O) groups is 1. The molecular formula is C20H26ClN3O4S2. The number of carbonyl (C=O) groups excluding carboxylic acids is 1. The third-order valence-corrected chi connectivity index (χ3v) is 9.02. The van der Waals surface area contributed by atoms with E-state index in [1.54, 1.807) is 18.2 Å². The van der Waals surface area contributed by atoms with E-state index in [0.717, 1.165) is 10.4 Å². The van der Waals surface area contributed by atoms with E-state index in [0.29, 0.717) is 46.8 Å². The van der Waals surface area contributed by atoms with E-state index in [1.807, 2.05) is 31.7 Å². The number of benzene rings is 1. The van der Waals surface area contributed by atoms with Gasteiger partial charge in [0.15, 0.2) is 0 Å². The molecule has 1 fully saturated rings. The molecule has 0 radical (unpaired) electrons. The highest BCUT2D eigenvalue weighted by atomic mass is 35.5. The number of piperazine rings is 1. The van der Waals surface area contributed by atoms with Crippen molar-refractivity contribution < 1.29 is 17.9 Å². The molecule has 2 heterocycles. The summed E-state index contributed by atoms with van der Waals surface area (Å²) in [5, 5.41) is 3.47. The second-order valence-electron chi connectivity index (χ2n) is 7.27. The maximum absolute atomic E-state index is 12.8. The molecule has 1 aromatic carbocycles. The SMILES string of the molecule is COc1cc(Cl)c(C)cc1NC(=O)C(C)N1CCN(S(=O)(=O)c2ccc(C)s2)CC1. The molecule has 1 aromatic heterocycles. The Hall–Kier alpha value is -1.65. The Morgan fingerprint density at radius 1 is 1.20 bits per heavy atom. The molecule has 2 aromatic rings. The largest absolute Gasteiger partial charge is 0.495 e. The summed E-state index contributed by atoms with van der Waals surface area (Å²) in [7, 11) is -1.96. The van der Waals surface area contributed by atoms with Crippen LogP contribution in [0, 0.1) is 13.8 Å². The molecule has 0 bridgehead atoms. The van der Waals surface area contributed by atoms with Gasteiger partial charge in [-0.15, -0.1) is 11.3 Å². The van der Waals surface area contributed by atoms with E-state index in [2.05, 4.69) is 5.32 Å². The highest BCUT2D eigenvalue weighted by Crippen LogP contribution is 2.31. The quantitative estimate of drug-likeness (QED) is 0.698. The molecule has 1 aliphatic heterocycles. The number of nitrogens with zero attached hydrogens (tertiary/aromatic N) is 2. The predicted molar refractivity (Wildman–Crippen MR) is 120 cm³/mol. The number of amides is 1. The summed E-state index contributed by atoms with van der Waals surface area (Å²) < 4.78 is 32.8. The number of ether oxygens (including phenoxy) is 1. The summed E-state index contributed by atoms with van der Waals surface area (Å²) in [5.74, 6) is 0.313. The average Bonchev–Trinajstić information content (AvgIpc) is 3.17. The molecule has 0 aliphatic carbocycles. The van der Waals surface area contributed by atoms with Crippen LogP contribution in [-0.4, -0.2) is 62.9 Å². The molecule has 164 valence electrons. The number of nitrogens with one attached hydrogen (secondary N) is 1. The lowest BCUT2D eigenvalue weighted by Gasteiger charge is -2.36. The van der Waals surface area contributed by atoms with Gasteiger partial charge in [-0.25, -0.2) is 8.42 Å². The number of halogens is 1. The molecule has 0 spiro atoms. The lowest BCUT2D eigenvalue weighted by molar-refractivity contribution is -0.121. The lowest BCUT2D eigenvalue weighted by atomic mass is 10.1. The Bertz CT molecular complexity index is 1030. The van der Waals surface area contributed by atoms with E-state index in [9.17, 15) is 13.2 Å². The standard InChI is InChI=1S/C20H26ClN3O4S2/c1-13-11-17(18(28-4)12-16(13)21)22-20(25)15(3)23-7-9-24(10-8-23)30(26,27)19-6-5-14(2)29-19/h5-6,11-12,15H,7-10H2,1-4H3,(H,22,25). The maximum atomic E-state index is 12.8. The van der Waals surface area contributed by atoms with Gasteiger partial charge in [0, 0.05) is 42.1 Å². The lowest BCUT2D eigenvalue weighted by Crippen LogP contribution is -2.53. The third-order valence-electron chi connectivity index (χ3n) is 5.25. The fraction of sp³-hybridized carbons (Fsp3) is 0.450. The van der Waals surface area contributed by atoms with Crippen molar-refractivity contribution in [1.29, 1.82) is 0 Å². The van der Waals surface area contributed by atoms with Crippen molar-refractivity contribution in [3.05, 3.63) is 39.7 Å². The predicted octanol–water partition coefficient (Wildman–Crippen LogP) is 3.36. The van der Waals surface area contributed by atoms with Gasteiger partial charge in [-0.1, -0.05) is 11.6 Å². The molecule has 1 aliphatic rings. The maximum Gasteiger partial charge on any atom is 0.252 e. The van der Waals surface area contributed by atoms with Crippen LogP contribution in [0.15, 0.2) is 28.5 Å². The number of anilines is 1. The van der Waals surface area contributed by atoms with Gasteiger partial charge in [0.1, 0.15) is 9.96 Å². The van der Waals surface area contributed by atoms with E-state index in [1.165, 1.54) is 22.8 Å². The second-order valence-corrected chi connectivity index (χ2v) is 11.1.